The van der Waals surface area contributed by atoms with Crippen LogP contribution in [0, 0.1) is 0 Å². The molecule has 12 aromatic heterocycles. The lowest BCUT2D eigenvalue weighted by Gasteiger charge is -2.21. The van der Waals surface area contributed by atoms with Gasteiger partial charge >= 0.3 is 0 Å². The molecule has 0 aliphatic heterocycles. The molecular weight excluding hydrogens is 1120 g/mol. The van der Waals surface area contributed by atoms with E-state index in [9.17, 15) is 24.0 Å². The zero-order valence-corrected chi connectivity index (χ0v) is 51.9. The Hall–Kier alpha value is -10.6. The fourth-order valence-electron chi connectivity index (χ4n) is 8.20. The Bertz CT molecular complexity index is 4380. The Morgan fingerprint density at radius 2 is 0.828 bits per heavy atom. The molecule has 0 radical (unpaired) electrons. The van der Waals surface area contributed by atoms with E-state index < -0.39 is 0 Å². The molecule has 0 unspecified atom stereocenters. The van der Waals surface area contributed by atoms with Crippen LogP contribution >= 0.6 is 0 Å². The number of fused-ring (bicyclic) bond motifs is 6. The molecule has 34 heteroatoms. The van der Waals surface area contributed by atoms with Gasteiger partial charge in [0.1, 0.15) is 23.2 Å². The van der Waals surface area contributed by atoms with Gasteiger partial charge in [0.2, 0.25) is 17.8 Å². The highest BCUT2D eigenvalue weighted by Crippen LogP contribution is 2.24. The monoisotopic (exact) mass is 1200 g/mol. The molecular formula is C53H75N29O5. The number of nitrogens with one attached hydrogen (secondary N) is 5. The molecule has 0 bridgehead atoms. The first-order valence-electron chi connectivity index (χ1n) is 27.1. The van der Waals surface area contributed by atoms with Crippen LogP contribution < -0.4 is 50.7 Å². The van der Waals surface area contributed by atoms with Crippen molar-refractivity contribution >= 4 is 90.3 Å². The first-order chi connectivity index (χ1) is 40.2. The van der Waals surface area contributed by atoms with E-state index in [2.05, 4.69) is 116 Å². The molecule has 0 fully saturated rings. The summed E-state index contributed by atoms with van der Waals surface area (Å²) in [5.74, 6) is 0.806. The Kier molecular flexibility index (Phi) is 17.3. The van der Waals surface area contributed by atoms with Crippen molar-refractivity contribution in [1.82, 2.24) is 123 Å². The molecule has 12 rings (SSSR count). The summed E-state index contributed by atoms with van der Waals surface area (Å²) < 4.78 is 10.6. The van der Waals surface area contributed by atoms with E-state index in [1.165, 1.54) is 25.2 Å². The van der Waals surface area contributed by atoms with Crippen molar-refractivity contribution in [3.63, 3.8) is 0 Å². The number of hydrogen-bond acceptors (Lipinski definition) is 23. The van der Waals surface area contributed by atoms with E-state index in [1.54, 1.807) is 32.6 Å². The Morgan fingerprint density at radius 1 is 0.391 bits per heavy atom. The van der Waals surface area contributed by atoms with Crippen LogP contribution in [0.15, 0.2) is 73.9 Å². The lowest BCUT2D eigenvalue weighted by atomic mass is 10.1. The topological polar surface area (TPSA) is 478 Å². The molecule has 462 valence electrons. The van der Waals surface area contributed by atoms with Gasteiger partial charge in [-0.1, -0.05) is 10.4 Å². The van der Waals surface area contributed by atoms with Gasteiger partial charge in [-0.05, 0) is 131 Å². The van der Waals surface area contributed by atoms with Crippen LogP contribution in [-0.4, -0.2) is 123 Å². The minimum absolute atomic E-state index is 0.0697. The maximum atomic E-state index is 11.6. The average molecular weight is 1200 g/mol. The molecule has 87 heavy (non-hydrogen) atoms. The molecule has 0 spiro atoms. The number of H-pyrrole nitrogens is 5. The molecule has 12 heterocycles. The second-order valence-corrected chi connectivity index (χ2v) is 25.7. The van der Waals surface area contributed by atoms with Crippen molar-refractivity contribution in [2.24, 2.45) is 0 Å². The van der Waals surface area contributed by atoms with E-state index in [4.69, 9.17) is 22.9 Å². The maximum absolute atomic E-state index is 11.6. The quantitative estimate of drug-likeness (QED) is 0.105. The fraction of sp³-hybridized carbons (Fsp3) is 0.453. The number of rotatable bonds is 0. The molecule has 34 nitrogen and oxygen atoms in total. The number of aromatic nitrogens is 25. The lowest BCUT2D eigenvalue weighted by molar-refractivity contribution is 0.356. The Balaban J connectivity index is 0.000000149. The number of nitrogens with zero attached hydrogens (tertiary/aromatic N) is 20. The van der Waals surface area contributed by atoms with E-state index in [0.717, 1.165) is 11.0 Å². The summed E-state index contributed by atoms with van der Waals surface area (Å²) in [6.07, 6.45) is 10.9. The van der Waals surface area contributed by atoms with Crippen molar-refractivity contribution in [2.75, 3.05) is 22.9 Å². The SMILES string of the molecule is CC(C)(C)n1ccc2c(=O)[nH]c(N)nc21.CC(C)(C)n1cnc2c(=O)[nH]cnc21.CC(C)(C)n1ncc2c(=O)[nH]c(N)nc21.CC(C)(C)n1ncc2c(N)ncnc21.CC(C)(C)n1nnc2c(=O)[nH]c(N)nc21.CC(C)(C)n1nnc2c(=O)[nH]cnc21. The minimum Gasteiger partial charge on any atom is -0.383 e. The summed E-state index contributed by atoms with van der Waals surface area (Å²) in [6.45, 7) is 36.2. The predicted molar refractivity (Wildman–Crippen MR) is 331 cm³/mol. The third-order valence-electron chi connectivity index (χ3n) is 12.3. The van der Waals surface area contributed by atoms with E-state index in [0.29, 0.717) is 50.3 Å². The van der Waals surface area contributed by atoms with Gasteiger partial charge in [-0.2, -0.15) is 25.1 Å². The summed E-state index contributed by atoms with van der Waals surface area (Å²) in [6, 6.07) is 1.76. The van der Waals surface area contributed by atoms with Crippen molar-refractivity contribution in [2.45, 2.75) is 158 Å². The highest BCUT2D eigenvalue weighted by Gasteiger charge is 2.24. The number of anilines is 4. The second kappa shape index (κ2) is 23.5. The number of aromatic amines is 5. The minimum atomic E-state index is -0.368. The van der Waals surface area contributed by atoms with E-state index in [-0.39, 0.29) is 89.9 Å². The van der Waals surface area contributed by atoms with Gasteiger partial charge in [0.25, 0.3) is 27.8 Å². The van der Waals surface area contributed by atoms with Gasteiger partial charge in [0.05, 0.1) is 64.3 Å². The van der Waals surface area contributed by atoms with Crippen LogP contribution in [0.4, 0.5) is 23.7 Å². The summed E-state index contributed by atoms with van der Waals surface area (Å²) in [4.78, 5) is 102. The number of imidazole rings is 1. The molecule has 13 N–H and O–H groups in total. The van der Waals surface area contributed by atoms with Gasteiger partial charge in [-0.25, -0.2) is 43.6 Å². The second-order valence-electron chi connectivity index (χ2n) is 25.7. The van der Waals surface area contributed by atoms with E-state index >= 15 is 0 Å². The smallest absolute Gasteiger partial charge is 0.282 e. The van der Waals surface area contributed by atoms with Crippen LogP contribution in [0.2, 0.25) is 0 Å². The van der Waals surface area contributed by atoms with Crippen molar-refractivity contribution in [1.29, 1.82) is 0 Å². The first kappa shape index (κ1) is 64.0. The molecule has 0 aliphatic rings. The van der Waals surface area contributed by atoms with Gasteiger partial charge in [0.15, 0.2) is 44.8 Å². The number of nitrogen functional groups attached to an aromatic ring is 4. The van der Waals surface area contributed by atoms with Crippen LogP contribution in [0.5, 0.6) is 0 Å². The third-order valence-corrected chi connectivity index (χ3v) is 12.3. The molecule has 0 aromatic carbocycles. The molecule has 0 saturated carbocycles. The van der Waals surface area contributed by atoms with Crippen molar-refractivity contribution in [3.05, 3.63) is 102 Å². The predicted octanol–water partition coefficient (Wildman–Crippen LogP) is 3.68. The van der Waals surface area contributed by atoms with E-state index in [1.807, 2.05) is 124 Å². The van der Waals surface area contributed by atoms with Crippen molar-refractivity contribution < 1.29 is 0 Å². The normalized spacial score (nSPS) is 12.2. The average Bonchev–Trinajstić information content (AvgIpc) is 2.94. The Morgan fingerprint density at radius 3 is 1.36 bits per heavy atom. The van der Waals surface area contributed by atoms with Gasteiger partial charge < -0.3 is 42.0 Å². The third kappa shape index (κ3) is 14.2. The van der Waals surface area contributed by atoms with Gasteiger partial charge in [-0.3, -0.25) is 38.9 Å². The molecule has 0 atom stereocenters. The molecule has 0 aliphatic carbocycles. The summed E-state index contributed by atoms with van der Waals surface area (Å²) >= 11 is 0. The highest BCUT2D eigenvalue weighted by molar-refractivity contribution is 5.85. The highest BCUT2D eigenvalue weighted by atomic mass is 16.1. The summed E-state index contributed by atoms with van der Waals surface area (Å²) in [5.41, 5.74) is 24.2. The summed E-state index contributed by atoms with van der Waals surface area (Å²) in [5, 5.41) is 25.6. The zero-order valence-electron chi connectivity index (χ0n) is 51.9. The van der Waals surface area contributed by atoms with Gasteiger partial charge in [0, 0.05) is 17.3 Å². The Labute approximate surface area is 494 Å². The number of nitrogens with two attached hydrogens (primary N) is 4. The summed E-state index contributed by atoms with van der Waals surface area (Å²) in [7, 11) is 0. The molecule has 0 saturated heterocycles. The van der Waals surface area contributed by atoms with Crippen LogP contribution in [0.1, 0.15) is 125 Å². The number of hydrogen-bond donors (Lipinski definition) is 9. The van der Waals surface area contributed by atoms with Crippen LogP contribution in [0.25, 0.3) is 66.6 Å². The molecule has 12 aromatic rings. The zero-order chi connectivity index (χ0) is 64.7. The standard InChI is InChI=1S/C10H14N4O.C9H13N5O.C9H13N5.C9H12N4O.C8H12N6O.C8H11N5O/c1-10(2,3)14-5-4-6-7(14)12-9(11)13-8(6)15;1-9(2,3)14-6-5(4-11-14)7(15)13-8(10)12-6;1-9(2,3)14-8-6(4-13-14)7(10)11-5-12-8;1-9(2,3)13-5-12-6-7(13)10-4-11-8(6)14;1-8(2,3)14-5-4(12-13-14)6(15)11-7(9)10-5;1-8(2,3)13-6-5(11-12-13)7(14)10-4-9-6/h4-5H,1-3H3,(H3,11,12,13,15);4H,1-3H3,(H3,10,12,13,15);4-5H,1-3H3,(H2,10,11,12);4-5H,1-3H3,(H,10,11,14);1-3H3,(H3,9,10,11,15);4H,1-3H3,(H,9,10,14). The largest absolute Gasteiger partial charge is 0.383 e. The first-order valence-corrected chi connectivity index (χ1v) is 27.1. The van der Waals surface area contributed by atoms with Crippen LogP contribution in [0.3, 0.4) is 0 Å². The fourth-order valence-corrected chi connectivity index (χ4v) is 8.20. The maximum Gasteiger partial charge on any atom is 0.282 e. The lowest BCUT2D eigenvalue weighted by Crippen LogP contribution is -2.24. The van der Waals surface area contributed by atoms with Gasteiger partial charge in [-0.15, -0.1) is 10.2 Å². The van der Waals surface area contributed by atoms with Crippen LogP contribution in [-0.2, 0) is 33.2 Å². The molecule has 0 amide bonds. The van der Waals surface area contributed by atoms with Crippen molar-refractivity contribution in [3.8, 4) is 0 Å².